The van der Waals surface area contributed by atoms with Crippen LogP contribution in [0.15, 0.2) is 54.6 Å². The van der Waals surface area contributed by atoms with E-state index < -0.39 is 17.8 Å². The summed E-state index contributed by atoms with van der Waals surface area (Å²) < 4.78 is 47.9. The van der Waals surface area contributed by atoms with Crippen molar-refractivity contribution in [3.05, 3.63) is 81.6 Å². The van der Waals surface area contributed by atoms with E-state index in [9.17, 15) is 18.0 Å². The van der Waals surface area contributed by atoms with Crippen LogP contribution in [0.2, 0.25) is 10.0 Å². The summed E-state index contributed by atoms with van der Waals surface area (Å²) in [5.41, 5.74) is -0.206. The Balaban J connectivity index is 1.43. The Labute approximate surface area is 226 Å². The number of aromatic nitrogens is 3. The van der Waals surface area contributed by atoms with Crippen molar-refractivity contribution in [2.45, 2.75) is 12.7 Å². The number of ether oxygens (including phenoxy) is 1. The number of nitrogens with zero attached hydrogens (tertiary/aromatic N) is 5. The van der Waals surface area contributed by atoms with E-state index in [1.807, 2.05) is 24.3 Å². The molecule has 198 valence electrons. The predicted octanol–water partition coefficient (Wildman–Crippen LogP) is 5.69. The Morgan fingerprint density at radius 1 is 1.03 bits per heavy atom. The highest BCUT2D eigenvalue weighted by atomic mass is 35.5. The summed E-state index contributed by atoms with van der Waals surface area (Å²) in [5.74, 6) is -0.0872. The van der Waals surface area contributed by atoms with Gasteiger partial charge in [-0.25, -0.2) is 9.50 Å². The highest BCUT2D eigenvalue weighted by molar-refractivity contribution is 6.36. The molecule has 3 heterocycles. The Hall–Kier alpha value is -3.34. The first-order chi connectivity index (χ1) is 18.2. The number of hydrogen-bond acceptors (Lipinski definition) is 5. The number of piperazine rings is 1. The minimum absolute atomic E-state index is 0.0257. The molecule has 0 saturated carbocycles. The van der Waals surface area contributed by atoms with Gasteiger partial charge in [0.25, 0.3) is 5.91 Å². The third-order valence-corrected chi connectivity index (χ3v) is 7.12. The minimum Gasteiger partial charge on any atom is -0.497 e. The molecule has 5 rings (SSSR count). The van der Waals surface area contributed by atoms with E-state index in [1.165, 1.54) is 12.0 Å². The van der Waals surface area contributed by atoms with Gasteiger partial charge in [0.15, 0.2) is 17.0 Å². The fourth-order valence-electron chi connectivity index (χ4n) is 4.39. The maximum absolute atomic E-state index is 14.0. The molecule has 0 N–H and O–H groups in total. The molecule has 0 radical (unpaired) electrons. The molecule has 1 saturated heterocycles. The summed E-state index contributed by atoms with van der Waals surface area (Å²) >= 11 is 12.7. The summed E-state index contributed by atoms with van der Waals surface area (Å²) in [6.07, 6.45) is -4.77. The van der Waals surface area contributed by atoms with E-state index in [-0.39, 0.29) is 22.1 Å². The van der Waals surface area contributed by atoms with E-state index in [0.717, 1.165) is 11.6 Å². The quantitative estimate of drug-likeness (QED) is 0.312. The smallest absolute Gasteiger partial charge is 0.433 e. The first-order valence-corrected chi connectivity index (χ1v) is 12.5. The average Bonchev–Trinajstić information content (AvgIpc) is 3.25. The Kier molecular flexibility index (Phi) is 7.21. The number of alkyl halides is 3. The van der Waals surface area contributed by atoms with Crippen molar-refractivity contribution >= 4 is 34.8 Å². The van der Waals surface area contributed by atoms with E-state index in [1.54, 1.807) is 24.3 Å². The average molecular weight is 564 g/mol. The van der Waals surface area contributed by atoms with Crippen molar-refractivity contribution in [2.24, 2.45) is 0 Å². The van der Waals surface area contributed by atoms with Crippen LogP contribution in [0.1, 0.15) is 21.7 Å². The van der Waals surface area contributed by atoms with Crippen LogP contribution in [0.25, 0.3) is 16.9 Å². The lowest BCUT2D eigenvalue weighted by Crippen LogP contribution is -2.48. The fourth-order valence-corrected chi connectivity index (χ4v) is 4.82. The Bertz CT molecular complexity index is 1500. The zero-order valence-electron chi connectivity index (χ0n) is 20.2. The van der Waals surface area contributed by atoms with Crippen LogP contribution in [0.5, 0.6) is 5.75 Å². The Morgan fingerprint density at radius 2 is 1.76 bits per heavy atom. The molecule has 4 aromatic rings. The van der Waals surface area contributed by atoms with Gasteiger partial charge in [-0.2, -0.15) is 18.3 Å². The standard InChI is InChI=1S/C26H22Cl2F3N5O2/c1-38-18-7-4-6-16(13-18)20-14-21(26(29,30)31)36-24(32-20)22(28)23(33-36)25(37)35-11-9-34(10-12-35)15-17-5-2-3-8-19(17)27/h2-8,13-14H,9-12,15H2,1H3. The number of hydrogen-bond donors (Lipinski definition) is 0. The van der Waals surface area contributed by atoms with Gasteiger partial charge in [0.05, 0.1) is 12.8 Å². The van der Waals surface area contributed by atoms with Gasteiger partial charge in [-0.3, -0.25) is 9.69 Å². The number of benzene rings is 2. The van der Waals surface area contributed by atoms with E-state index in [0.29, 0.717) is 53.6 Å². The number of amides is 1. The fraction of sp³-hybridized carbons (Fsp3) is 0.269. The lowest BCUT2D eigenvalue weighted by molar-refractivity contribution is -0.142. The molecule has 2 aromatic carbocycles. The molecule has 0 atom stereocenters. The number of methoxy groups -OCH3 is 1. The van der Waals surface area contributed by atoms with E-state index >= 15 is 0 Å². The van der Waals surface area contributed by atoms with Gasteiger partial charge in [-0.1, -0.05) is 53.5 Å². The number of rotatable bonds is 5. The van der Waals surface area contributed by atoms with Crippen molar-refractivity contribution in [1.29, 1.82) is 0 Å². The third kappa shape index (κ3) is 5.16. The van der Waals surface area contributed by atoms with Gasteiger partial charge < -0.3 is 9.64 Å². The third-order valence-electron chi connectivity index (χ3n) is 6.40. The second-order valence-corrected chi connectivity index (χ2v) is 9.60. The van der Waals surface area contributed by atoms with Crippen molar-refractivity contribution < 1.29 is 22.7 Å². The summed E-state index contributed by atoms with van der Waals surface area (Å²) in [7, 11) is 1.46. The summed E-state index contributed by atoms with van der Waals surface area (Å²) in [6.45, 7) is 2.48. The molecule has 1 fully saturated rings. The van der Waals surface area contributed by atoms with Crippen molar-refractivity contribution in [1.82, 2.24) is 24.4 Å². The first-order valence-electron chi connectivity index (χ1n) is 11.7. The molecule has 0 unspecified atom stereocenters. The summed E-state index contributed by atoms with van der Waals surface area (Å²) in [6, 6.07) is 14.9. The first kappa shape index (κ1) is 26.3. The molecule has 7 nitrogen and oxygen atoms in total. The molecule has 1 aliphatic heterocycles. The van der Waals surface area contributed by atoms with Crippen LogP contribution in [-0.4, -0.2) is 63.6 Å². The normalized spacial score (nSPS) is 14.7. The lowest BCUT2D eigenvalue weighted by atomic mass is 10.1. The second-order valence-electron chi connectivity index (χ2n) is 8.81. The van der Waals surface area contributed by atoms with Crippen molar-refractivity contribution in [3.63, 3.8) is 0 Å². The maximum atomic E-state index is 14.0. The van der Waals surface area contributed by atoms with Crippen LogP contribution in [-0.2, 0) is 12.7 Å². The topological polar surface area (TPSA) is 63.0 Å². The molecular formula is C26H22Cl2F3N5O2. The van der Waals surface area contributed by atoms with E-state index in [4.69, 9.17) is 27.9 Å². The zero-order valence-corrected chi connectivity index (χ0v) is 21.7. The van der Waals surface area contributed by atoms with Gasteiger partial charge in [-0.15, -0.1) is 0 Å². The number of fused-ring (bicyclic) bond motifs is 1. The van der Waals surface area contributed by atoms with Gasteiger partial charge in [0.1, 0.15) is 10.8 Å². The number of carbonyl (C=O) groups is 1. The molecule has 38 heavy (non-hydrogen) atoms. The van der Waals surface area contributed by atoms with Crippen LogP contribution in [0.4, 0.5) is 13.2 Å². The lowest BCUT2D eigenvalue weighted by Gasteiger charge is -2.34. The number of halogens is 5. The second kappa shape index (κ2) is 10.4. The minimum atomic E-state index is -4.77. The molecule has 1 aliphatic rings. The van der Waals surface area contributed by atoms with Crippen LogP contribution >= 0.6 is 23.2 Å². The van der Waals surface area contributed by atoms with Gasteiger partial charge >= 0.3 is 6.18 Å². The van der Waals surface area contributed by atoms with Gasteiger partial charge in [0.2, 0.25) is 0 Å². The zero-order chi connectivity index (χ0) is 27.0. The molecule has 0 aliphatic carbocycles. The van der Waals surface area contributed by atoms with Gasteiger partial charge in [-0.05, 0) is 29.8 Å². The highest BCUT2D eigenvalue weighted by Gasteiger charge is 2.37. The maximum Gasteiger partial charge on any atom is 0.433 e. The summed E-state index contributed by atoms with van der Waals surface area (Å²) in [5, 5.41) is 4.41. The molecule has 0 spiro atoms. The predicted molar refractivity (Wildman–Crippen MR) is 138 cm³/mol. The van der Waals surface area contributed by atoms with Crippen LogP contribution in [0.3, 0.4) is 0 Å². The van der Waals surface area contributed by atoms with Crippen LogP contribution < -0.4 is 4.74 Å². The van der Waals surface area contributed by atoms with Crippen LogP contribution in [0, 0.1) is 0 Å². The molecule has 12 heteroatoms. The van der Waals surface area contributed by atoms with E-state index in [2.05, 4.69) is 15.0 Å². The number of carbonyl (C=O) groups excluding carboxylic acids is 1. The largest absolute Gasteiger partial charge is 0.497 e. The van der Waals surface area contributed by atoms with Gasteiger partial charge in [0, 0.05) is 43.3 Å². The Morgan fingerprint density at radius 3 is 2.45 bits per heavy atom. The molecule has 1 amide bonds. The SMILES string of the molecule is COc1cccc(-c2cc(C(F)(F)F)n3nc(C(=O)N4CCN(Cc5ccccc5Cl)CC4)c(Cl)c3n2)c1. The summed E-state index contributed by atoms with van der Waals surface area (Å²) in [4.78, 5) is 21.3. The highest BCUT2D eigenvalue weighted by Crippen LogP contribution is 2.35. The van der Waals surface area contributed by atoms with Crippen molar-refractivity contribution in [3.8, 4) is 17.0 Å². The monoisotopic (exact) mass is 563 g/mol. The molecule has 0 bridgehead atoms. The molecular weight excluding hydrogens is 542 g/mol. The molecule has 2 aromatic heterocycles. The van der Waals surface area contributed by atoms with Crippen molar-refractivity contribution in [2.75, 3.05) is 33.3 Å².